The third-order valence-corrected chi connectivity index (χ3v) is 9.23. The van der Waals surface area contributed by atoms with Gasteiger partial charge in [0.05, 0.1) is 6.07 Å². The van der Waals surface area contributed by atoms with Crippen molar-refractivity contribution >= 4 is 11.9 Å². The molecule has 6 heteroatoms. The first kappa shape index (κ1) is 16.0. The van der Waals surface area contributed by atoms with E-state index in [0.717, 1.165) is 36.0 Å². The summed E-state index contributed by atoms with van der Waals surface area (Å²) in [5.74, 6) is 4.33. The van der Waals surface area contributed by atoms with E-state index in [1.54, 1.807) is 0 Å². The van der Waals surface area contributed by atoms with Crippen LogP contribution in [0.5, 0.6) is 0 Å². The molecule has 7 aliphatic rings. The van der Waals surface area contributed by atoms with Crippen molar-refractivity contribution < 1.29 is 23.8 Å². The summed E-state index contributed by atoms with van der Waals surface area (Å²) in [5.41, 5.74) is -1.19. The number of fused-ring (bicyclic) bond motifs is 10. The third-order valence-electron chi connectivity index (χ3n) is 9.23. The van der Waals surface area contributed by atoms with Crippen molar-refractivity contribution in [2.75, 3.05) is 0 Å². The van der Waals surface area contributed by atoms with Crippen LogP contribution in [0.2, 0.25) is 0 Å². The Morgan fingerprint density at radius 3 is 2.89 bits per heavy atom. The van der Waals surface area contributed by atoms with Gasteiger partial charge in [0.2, 0.25) is 0 Å². The summed E-state index contributed by atoms with van der Waals surface area (Å²) in [6.45, 7) is 0. The molecule has 0 aromatic rings. The SMILES string of the molecule is N#CC12CC3OC1C(OC2=O)C3OC(=O)CC1CC2CC1C1C3C=CC(C3)C21. The van der Waals surface area contributed by atoms with Gasteiger partial charge in [-0.25, -0.2) is 0 Å². The van der Waals surface area contributed by atoms with Gasteiger partial charge in [-0.3, -0.25) is 9.59 Å². The summed E-state index contributed by atoms with van der Waals surface area (Å²) >= 11 is 0. The quantitative estimate of drug-likeness (QED) is 0.422. The van der Waals surface area contributed by atoms with E-state index >= 15 is 0 Å². The standard InChI is InChI=1S/C22H23NO5/c23-8-22-7-14-18(19(20(22)26-14)28-21(22)25)27-15(24)6-11-4-12-5-13(11)17-10-2-1-9(3-10)16(12)17/h1-2,9-14,16-20H,3-7H2. The van der Waals surface area contributed by atoms with Crippen LogP contribution in [0.25, 0.3) is 0 Å². The predicted molar refractivity (Wildman–Crippen MR) is 93.1 cm³/mol. The van der Waals surface area contributed by atoms with Crippen LogP contribution in [0, 0.1) is 58.2 Å². The number of esters is 2. The molecule has 0 spiro atoms. The number of allylic oxidation sites excluding steroid dienone is 2. The van der Waals surface area contributed by atoms with Crippen molar-refractivity contribution in [2.45, 2.75) is 56.5 Å². The molecule has 6 nitrogen and oxygen atoms in total. The van der Waals surface area contributed by atoms with Crippen molar-refractivity contribution in [1.82, 2.24) is 0 Å². The van der Waals surface area contributed by atoms with Crippen molar-refractivity contribution in [1.29, 1.82) is 5.26 Å². The van der Waals surface area contributed by atoms with Crippen LogP contribution in [0.1, 0.15) is 32.1 Å². The normalized spacial score (nSPS) is 58.2. The van der Waals surface area contributed by atoms with Gasteiger partial charge in [0, 0.05) is 12.8 Å². The molecule has 4 aliphatic carbocycles. The van der Waals surface area contributed by atoms with Crippen molar-refractivity contribution in [3.8, 4) is 6.07 Å². The maximum atomic E-state index is 12.8. The molecule has 146 valence electrons. The lowest BCUT2D eigenvalue weighted by Crippen LogP contribution is -2.44. The van der Waals surface area contributed by atoms with E-state index in [1.165, 1.54) is 12.8 Å². The molecule has 0 amide bonds. The summed E-state index contributed by atoms with van der Waals surface area (Å²) in [6, 6.07) is 2.09. The largest absolute Gasteiger partial charge is 0.455 e. The molecule has 12 atom stereocenters. The van der Waals surface area contributed by atoms with Crippen LogP contribution in [0.3, 0.4) is 0 Å². The molecule has 0 aromatic heterocycles. The number of carbonyl (C=O) groups excluding carboxylic acids is 2. The maximum absolute atomic E-state index is 12.8. The molecule has 6 fully saturated rings. The zero-order valence-corrected chi connectivity index (χ0v) is 15.5. The van der Waals surface area contributed by atoms with Gasteiger partial charge >= 0.3 is 11.9 Å². The van der Waals surface area contributed by atoms with E-state index in [-0.39, 0.29) is 12.4 Å². The summed E-state index contributed by atoms with van der Waals surface area (Å²) in [5, 5.41) is 9.43. The lowest BCUT2D eigenvalue weighted by atomic mass is 9.69. The lowest BCUT2D eigenvalue weighted by Gasteiger charge is -2.36. The molecule has 3 saturated heterocycles. The second-order valence-corrected chi connectivity index (χ2v) is 10.2. The van der Waals surface area contributed by atoms with E-state index < -0.39 is 35.8 Å². The number of rotatable bonds is 3. The Kier molecular flexibility index (Phi) is 2.85. The molecule has 3 aliphatic heterocycles. The minimum absolute atomic E-state index is 0.195. The Morgan fingerprint density at radius 2 is 2.07 bits per heavy atom. The Bertz CT molecular complexity index is 861. The van der Waals surface area contributed by atoms with Crippen LogP contribution in [0.15, 0.2) is 12.2 Å². The number of hydrogen-bond acceptors (Lipinski definition) is 6. The maximum Gasteiger partial charge on any atom is 0.329 e. The number of nitrogens with zero attached hydrogens (tertiary/aromatic N) is 1. The van der Waals surface area contributed by atoms with Gasteiger partial charge in [-0.15, -0.1) is 0 Å². The molecule has 0 N–H and O–H groups in total. The summed E-state index contributed by atoms with van der Waals surface area (Å²) in [7, 11) is 0. The van der Waals surface area contributed by atoms with Crippen LogP contribution >= 0.6 is 0 Å². The molecule has 3 saturated carbocycles. The predicted octanol–water partition coefficient (Wildman–Crippen LogP) is 1.99. The average molecular weight is 381 g/mol. The summed E-state index contributed by atoms with van der Waals surface area (Å²) < 4.78 is 17.0. The highest BCUT2D eigenvalue weighted by atomic mass is 16.7. The molecular weight excluding hydrogens is 358 g/mol. The van der Waals surface area contributed by atoms with Gasteiger partial charge in [-0.1, -0.05) is 12.2 Å². The molecule has 0 radical (unpaired) electrons. The number of ether oxygens (including phenoxy) is 3. The molecule has 28 heavy (non-hydrogen) atoms. The fraction of sp³-hybridized carbons (Fsp3) is 0.773. The smallest absolute Gasteiger partial charge is 0.329 e. The van der Waals surface area contributed by atoms with E-state index in [1.807, 2.05) is 0 Å². The topological polar surface area (TPSA) is 85.6 Å². The first-order chi connectivity index (χ1) is 13.6. The van der Waals surface area contributed by atoms with Crippen molar-refractivity contribution in [3.05, 3.63) is 12.2 Å². The fourth-order valence-corrected chi connectivity index (χ4v) is 8.38. The van der Waals surface area contributed by atoms with E-state index in [4.69, 9.17) is 14.2 Å². The minimum atomic E-state index is -1.19. The van der Waals surface area contributed by atoms with Crippen LogP contribution < -0.4 is 0 Å². The molecule has 12 unspecified atom stereocenters. The van der Waals surface area contributed by atoms with E-state index in [0.29, 0.717) is 18.3 Å². The van der Waals surface area contributed by atoms with Gasteiger partial charge in [0.1, 0.15) is 12.2 Å². The van der Waals surface area contributed by atoms with Gasteiger partial charge in [0.25, 0.3) is 0 Å². The Balaban J connectivity index is 1.04. The highest BCUT2D eigenvalue weighted by Gasteiger charge is 2.74. The number of nitriles is 1. The van der Waals surface area contributed by atoms with Crippen LogP contribution in [-0.4, -0.2) is 36.4 Å². The monoisotopic (exact) mass is 381 g/mol. The molecular formula is C22H23NO5. The van der Waals surface area contributed by atoms with Crippen LogP contribution in [-0.2, 0) is 23.8 Å². The Hall–Kier alpha value is -1.87. The minimum Gasteiger partial charge on any atom is -0.455 e. The van der Waals surface area contributed by atoms with Gasteiger partial charge in [0.15, 0.2) is 17.6 Å². The second-order valence-electron chi connectivity index (χ2n) is 10.2. The Labute approximate surface area is 163 Å². The Morgan fingerprint density at radius 1 is 1.25 bits per heavy atom. The second kappa shape index (κ2) is 4.99. The first-order valence-corrected chi connectivity index (χ1v) is 10.7. The first-order valence-electron chi connectivity index (χ1n) is 10.7. The van der Waals surface area contributed by atoms with E-state index in [2.05, 4.69) is 18.2 Å². The van der Waals surface area contributed by atoms with E-state index in [9.17, 15) is 14.9 Å². The summed E-state index contributed by atoms with van der Waals surface area (Å²) in [6.07, 6.45) is 7.21. The average Bonchev–Trinajstić information content (AvgIpc) is 3.48. The zero-order chi connectivity index (χ0) is 18.8. The molecule has 6 bridgehead atoms. The van der Waals surface area contributed by atoms with Gasteiger partial charge in [-0.05, 0) is 60.7 Å². The van der Waals surface area contributed by atoms with Crippen molar-refractivity contribution in [3.63, 3.8) is 0 Å². The summed E-state index contributed by atoms with van der Waals surface area (Å²) in [4.78, 5) is 24.9. The zero-order valence-electron chi connectivity index (χ0n) is 15.5. The molecule has 7 rings (SSSR count). The fourth-order valence-electron chi connectivity index (χ4n) is 8.38. The van der Waals surface area contributed by atoms with Crippen LogP contribution in [0.4, 0.5) is 0 Å². The van der Waals surface area contributed by atoms with Gasteiger partial charge in [-0.2, -0.15) is 5.26 Å². The number of carbonyl (C=O) groups is 2. The third kappa shape index (κ3) is 1.70. The van der Waals surface area contributed by atoms with Crippen molar-refractivity contribution in [2.24, 2.45) is 46.8 Å². The molecule has 3 heterocycles. The lowest BCUT2D eigenvalue weighted by molar-refractivity contribution is -0.162. The number of hydrogen-bond donors (Lipinski definition) is 0. The van der Waals surface area contributed by atoms with Gasteiger partial charge < -0.3 is 14.2 Å². The highest BCUT2D eigenvalue weighted by Crippen LogP contribution is 2.67. The highest BCUT2D eigenvalue weighted by molar-refractivity contribution is 5.85. The molecule has 0 aromatic carbocycles.